The zero-order valence-corrected chi connectivity index (χ0v) is 15.9. The molecule has 0 aliphatic heterocycles. The predicted octanol–water partition coefficient (Wildman–Crippen LogP) is 2.50. The third kappa shape index (κ3) is 4.91. The molecule has 27 heavy (non-hydrogen) atoms. The smallest absolute Gasteiger partial charge is 0.255 e. The molecule has 0 unspecified atom stereocenters. The molecule has 0 aromatic heterocycles. The molecule has 0 atom stereocenters. The van der Waals surface area contributed by atoms with Crippen molar-refractivity contribution in [1.29, 1.82) is 0 Å². The average molecular weight is 372 g/mol. The Morgan fingerprint density at radius 1 is 0.926 bits per heavy atom. The molecule has 144 valence electrons. The van der Waals surface area contributed by atoms with E-state index in [0.717, 1.165) is 0 Å². The Labute approximate surface area is 158 Å². The second kappa shape index (κ2) is 9.47. The van der Waals surface area contributed by atoms with Gasteiger partial charge in [-0.1, -0.05) is 12.1 Å². The number of hydrogen-bond donors (Lipinski definition) is 1. The normalized spacial score (nSPS) is 10.1. The van der Waals surface area contributed by atoms with Gasteiger partial charge in [0.15, 0.2) is 11.5 Å². The zero-order chi connectivity index (χ0) is 19.8. The lowest BCUT2D eigenvalue weighted by Crippen LogP contribution is -2.37. The largest absolute Gasteiger partial charge is 0.496 e. The van der Waals surface area contributed by atoms with Crippen molar-refractivity contribution in [2.24, 2.45) is 0 Å². The second-order valence-corrected chi connectivity index (χ2v) is 5.67. The third-order valence-electron chi connectivity index (χ3n) is 4.03. The molecule has 0 saturated heterocycles. The van der Waals surface area contributed by atoms with Crippen LogP contribution in [-0.2, 0) is 4.79 Å². The molecular weight excluding hydrogens is 348 g/mol. The highest BCUT2D eigenvalue weighted by molar-refractivity contribution is 5.97. The molecule has 1 N–H and O–H groups in total. The van der Waals surface area contributed by atoms with Crippen LogP contribution in [0, 0.1) is 0 Å². The fourth-order valence-corrected chi connectivity index (χ4v) is 2.67. The van der Waals surface area contributed by atoms with E-state index >= 15 is 0 Å². The summed E-state index contributed by atoms with van der Waals surface area (Å²) in [5.74, 6) is 1.20. The number of amides is 2. The number of anilines is 1. The molecule has 2 rings (SSSR count). The van der Waals surface area contributed by atoms with Gasteiger partial charge in [0.1, 0.15) is 5.75 Å². The van der Waals surface area contributed by atoms with Crippen molar-refractivity contribution in [3.8, 4) is 17.2 Å². The Morgan fingerprint density at radius 3 is 2.22 bits per heavy atom. The van der Waals surface area contributed by atoms with Crippen molar-refractivity contribution < 1.29 is 23.8 Å². The summed E-state index contributed by atoms with van der Waals surface area (Å²) in [5.41, 5.74) is 1.10. The molecule has 0 bridgehead atoms. The van der Waals surface area contributed by atoms with Crippen LogP contribution >= 0.6 is 0 Å². The molecule has 2 amide bonds. The van der Waals surface area contributed by atoms with Gasteiger partial charge in [0.2, 0.25) is 5.91 Å². The summed E-state index contributed by atoms with van der Waals surface area (Å²) in [4.78, 5) is 26.0. The third-order valence-corrected chi connectivity index (χ3v) is 4.03. The van der Waals surface area contributed by atoms with Crippen molar-refractivity contribution >= 4 is 17.5 Å². The van der Waals surface area contributed by atoms with Crippen LogP contribution in [0.3, 0.4) is 0 Å². The van der Waals surface area contributed by atoms with E-state index in [2.05, 4.69) is 5.32 Å². The molecule has 7 nitrogen and oxygen atoms in total. The molecule has 0 aliphatic rings. The van der Waals surface area contributed by atoms with E-state index in [9.17, 15) is 9.59 Å². The van der Waals surface area contributed by atoms with Gasteiger partial charge in [0.25, 0.3) is 5.91 Å². The molecule has 0 aliphatic carbocycles. The number of hydrogen-bond acceptors (Lipinski definition) is 5. The number of rotatable bonds is 8. The van der Waals surface area contributed by atoms with Crippen molar-refractivity contribution in [2.45, 2.75) is 6.92 Å². The summed E-state index contributed by atoms with van der Waals surface area (Å²) in [6.45, 7) is 2.06. The van der Waals surface area contributed by atoms with Gasteiger partial charge < -0.3 is 24.4 Å². The monoisotopic (exact) mass is 372 g/mol. The Kier molecular flexibility index (Phi) is 7.05. The minimum absolute atomic E-state index is 0.145. The molecule has 0 spiro atoms. The van der Waals surface area contributed by atoms with E-state index in [1.165, 1.54) is 21.1 Å². The number of benzene rings is 2. The minimum atomic E-state index is -0.261. The van der Waals surface area contributed by atoms with Crippen LogP contribution < -0.4 is 24.4 Å². The van der Waals surface area contributed by atoms with Gasteiger partial charge in [-0.3, -0.25) is 9.59 Å². The Balaban J connectivity index is 2.07. The number of methoxy groups -OCH3 is 3. The molecule has 0 heterocycles. The van der Waals surface area contributed by atoms with Gasteiger partial charge >= 0.3 is 0 Å². The standard InChI is InChI=1S/C20H24N2O5/c1-14(23)22(15-9-10-18(26-3)19(13-15)27-4)12-11-21-20(24)16-7-5-6-8-17(16)25-2/h5-10,13H,11-12H2,1-4H3,(H,21,24). The van der Waals surface area contributed by atoms with Gasteiger partial charge in [-0.05, 0) is 24.3 Å². The second-order valence-electron chi connectivity index (χ2n) is 5.67. The SMILES string of the molecule is COc1ccc(N(CCNC(=O)c2ccccc2OC)C(C)=O)cc1OC. The first-order valence-electron chi connectivity index (χ1n) is 8.43. The van der Waals surface area contributed by atoms with E-state index < -0.39 is 0 Å². The summed E-state index contributed by atoms with van der Waals surface area (Å²) in [6, 6.07) is 12.2. The topological polar surface area (TPSA) is 77.1 Å². The van der Waals surface area contributed by atoms with Gasteiger partial charge in [0, 0.05) is 31.8 Å². The van der Waals surface area contributed by atoms with Crippen molar-refractivity contribution in [3.63, 3.8) is 0 Å². The fraction of sp³-hybridized carbons (Fsp3) is 0.300. The van der Waals surface area contributed by atoms with E-state index in [1.54, 1.807) is 54.5 Å². The van der Waals surface area contributed by atoms with Gasteiger partial charge in [-0.25, -0.2) is 0 Å². The highest BCUT2D eigenvalue weighted by atomic mass is 16.5. The molecule has 2 aromatic carbocycles. The van der Waals surface area contributed by atoms with E-state index in [1.807, 2.05) is 0 Å². The highest BCUT2D eigenvalue weighted by Gasteiger charge is 2.16. The highest BCUT2D eigenvalue weighted by Crippen LogP contribution is 2.31. The number of ether oxygens (including phenoxy) is 3. The van der Waals surface area contributed by atoms with Crippen LogP contribution in [0.2, 0.25) is 0 Å². The van der Waals surface area contributed by atoms with Crippen LogP contribution in [0.15, 0.2) is 42.5 Å². The molecule has 2 aromatic rings. The van der Waals surface area contributed by atoms with Crippen LogP contribution in [0.1, 0.15) is 17.3 Å². The number of nitrogens with zero attached hydrogens (tertiary/aromatic N) is 1. The van der Waals surface area contributed by atoms with Crippen molar-refractivity contribution in [2.75, 3.05) is 39.3 Å². The first kappa shape index (κ1) is 20.1. The quantitative estimate of drug-likeness (QED) is 0.770. The molecule has 0 fully saturated rings. The Morgan fingerprint density at radius 2 is 1.59 bits per heavy atom. The zero-order valence-electron chi connectivity index (χ0n) is 15.9. The summed E-state index contributed by atoms with van der Waals surface area (Å²) in [6.07, 6.45) is 0. The van der Waals surface area contributed by atoms with E-state index in [0.29, 0.717) is 35.0 Å². The molecule has 0 saturated carbocycles. The minimum Gasteiger partial charge on any atom is -0.496 e. The number of carbonyl (C=O) groups excluding carboxylic acids is 2. The molecular formula is C20H24N2O5. The first-order chi connectivity index (χ1) is 13.0. The summed E-state index contributed by atoms with van der Waals surface area (Å²) >= 11 is 0. The van der Waals surface area contributed by atoms with Crippen LogP contribution in [0.5, 0.6) is 17.2 Å². The molecule has 7 heteroatoms. The van der Waals surface area contributed by atoms with Crippen LogP contribution in [0.4, 0.5) is 5.69 Å². The number of carbonyl (C=O) groups is 2. The van der Waals surface area contributed by atoms with Gasteiger partial charge in [-0.2, -0.15) is 0 Å². The number of nitrogens with one attached hydrogen (secondary N) is 1. The maximum atomic E-state index is 12.4. The molecule has 0 radical (unpaired) electrons. The van der Waals surface area contributed by atoms with Crippen molar-refractivity contribution in [1.82, 2.24) is 5.32 Å². The van der Waals surface area contributed by atoms with Crippen LogP contribution in [-0.4, -0.2) is 46.2 Å². The van der Waals surface area contributed by atoms with Crippen LogP contribution in [0.25, 0.3) is 0 Å². The summed E-state index contributed by atoms with van der Waals surface area (Å²) in [7, 11) is 4.60. The Bertz CT molecular complexity index is 807. The van der Waals surface area contributed by atoms with Gasteiger partial charge in [-0.15, -0.1) is 0 Å². The summed E-state index contributed by atoms with van der Waals surface area (Å²) < 4.78 is 15.7. The fourth-order valence-electron chi connectivity index (χ4n) is 2.67. The summed E-state index contributed by atoms with van der Waals surface area (Å²) in [5, 5.41) is 2.81. The lowest BCUT2D eigenvalue weighted by molar-refractivity contribution is -0.116. The number of para-hydroxylation sites is 1. The van der Waals surface area contributed by atoms with E-state index in [4.69, 9.17) is 14.2 Å². The predicted molar refractivity (Wildman–Crippen MR) is 103 cm³/mol. The van der Waals surface area contributed by atoms with Crippen molar-refractivity contribution in [3.05, 3.63) is 48.0 Å². The van der Waals surface area contributed by atoms with Gasteiger partial charge in [0.05, 0.1) is 26.9 Å². The first-order valence-corrected chi connectivity index (χ1v) is 8.43. The lowest BCUT2D eigenvalue weighted by Gasteiger charge is -2.22. The lowest BCUT2D eigenvalue weighted by atomic mass is 10.2. The average Bonchev–Trinajstić information content (AvgIpc) is 2.70. The Hall–Kier alpha value is -3.22. The maximum Gasteiger partial charge on any atom is 0.255 e. The van der Waals surface area contributed by atoms with E-state index in [-0.39, 0.29) is 18.4 Å². The maximum absolute atomic E-state index is 12.4.